The molecule has 1 aliphatic rings. The summed E-state index contributed by atoms with van der Waals surface area (Å²) >= 11 is 2.23. The van der Waals surface area contributed by atoms with Crippen molar-refractivity contribution in [3.8, 4) is 5.75 Å². The first-order valence-electron chi connectivity index (χ1n) is 8.68. The topological polar surface area (TPSA) is 41.6 Å². The van der Waals surface area contributed by atoms with Gasteiger partial charge in [-0.25, -0.2) is 0 Å². The zero-order valence-electron chi connectivity index (χ0n) is 14.2. The van der Waals surface area contributed by atoms with Crippen LogP contribution in [-0.4, -0.2) is 37.0 Å². The van der Waals surface area contributed by atoms with E-state index in [0.29, 0.717) is 5.75 Å². The van der Waals surface area contributed by atoms with E-state index in [0.717, 1.165) is 22.2 Å². The number of rotatable bonds is 7. The molecule has 0 saturated carbocycles. The lowest BCUT2D eigenvalue weighted by Crippen LogP contribution is -2.22. The van der Waals surface area contributed by atoms with Gasteiger partial charge in [-0.2, -0.15) is 0 Å². The van der Waals surface area contributed by atoms with Crippen molar-refractivity contribution in [3.05, 3.63) is 57.7 Å². The number of halogens is 1. The van der Waals surface area contributed by atoms with Gasteiger partial charge in [0.25, 0.3) is 5.91 Å². The lowest BCUT2D eigenvalue weighted by molar-refractivity contribution is -0.118. The minimum absolute atomic E-state index is 0.0112. The monoisotopic (exact) mass is 450 g/mol. The van der Waals surface area contributed by atoms with E-state index in [4.69, 9.17) is 4.74 Å². The van der Waals surface area contributed by atoms with Gasteiger partial charge in [0.1, 0.15) is 5.75 Å². The molecule has 0 bridgehead atoms. The summed E-state index contributed by atoms with van der Waals surface area (Å²) in [5.41, 5.74) is 2.11. The third-order valence-electron chi connectivity index (χ3n) is 4.34. The molecule has 2 aromatic rings. The number of nitrogens with one attached hydrogen (secondary N) is 1. The molecular weight excluding hydrogens is 427 g/mol. The summed E-state index contributed by atoms with van der Waals surface area (Å²) in [5, 5.41) is 2.87. The van der Waals surface area contributed by atoms with Crippen LogP contribution < -0.4 is 10.1 Å². The molecule has 2 aromatic carbocycles. The lowest BCUT2D eigenvalue weighted by atomic mass is 10.1. The molecule has 1 N–H and O–H groups in total. The van der Waals surface area contributed by atoms with Crippen LogP contribution in [0.25, 0.3) is 0 Å². The average Bonchev–Trinajstić information content (AvgIpc) is 3.14. The van der Waals surface area contributed by atoms with Crippen molar-refractivity contribution in [1.82, 2.24) is 4.90 Å². The number of hydrogen-bond acceptors (Lipinski definition) is 3. The van der Waals surface area contributed by atoms with Gasteiger partial charge < -0.3 is 15.0 Å². The van der Waals surface area contributed by atoms with Crippen LogP contribution in [0.15, 0.2) is 48.5 Å². The predicted molar refractivity (Wildman–Crippen MR) is 109 cm³/mol. The number of benzene rings is 2. The molecule has 4 nitrogen and oxygen atoms in total. The first kappa shape index (κ1) is 18.2. The van der Waals surface area contributed by atoms with Crippen LogP contribution in [0, 0.1) is 3.57 Å². The molecule has 25 heavy (non-hydrogen) atoms. The van der Waals surface area contributed by atoms with E-state index in [1.807, 2.05) is 36.4 Å². The Hall–Kier alpha value is -1.60. The first-order chi connectivity index (χ1) is 12.2. The van der Waals surface area contributed by atoms with Crippen LogP contribution in [0.4, 0.5) is 5.69 Å². The van der Waals surface area contributed by atoms with Crippen LogP contribution in [-0.2, 0) is 11.2 Å². The van der Waals surface area contributed by atoms with E-state index in [-0.39, 0.29) is 12.5 Å². The largest absolute Gasteiger partial charge is 0.484 e. The molecule has 5 heteroatoms. The highest BCUT2D eigenvalue weighted by atomic mass is 127. The molecule has 1 amide bonds. The van der Waals surface area contributed by atoms with Gasteiger partial charge in [0.15, 0.2) is 6.61 Å². The molecule has 3 rings (SSSR count). The van der Waals surface area contributed by atoms with Crippen molar-refractivity contribution >= 4 is 34.2 Å². The maximum Gasteiger partial charge on any atom is 0.262 e. The van der Waals surface area contributed by atoms with Crippen molar-refractivity contribution in [1.29, 1.82) is 0 Å². The molecule has 0 radical (unpaired) electrons. The molecule has 132 valence electrons. The Bertz CT molecular complexity index is 680. The SMILES string of the molecule is O=C(COc1ccc(I)cc1)Nc1ccc(CCN2CCCC2)cc1. The second kappa shape index (κ2) is 9.20. The standard InChI is InChI=1S/C20H23IN2O2/c21-17-5-9-19(10-6-17)25-15-20(24)22-18-7-3-16(4-8-18)11-14-23-12-1-2-13-23/h3-10H,1-2,11-15H2,(H,22,24). The van der Waals surface area contributed by atoms with Gasteiger partial charge in [-0.3, -0.25) is 4.79 Å². The fraction of sp³-hybridized carbons (Fsp3) is 0.350. The Kier molecular flexibility index (Phi) is 6.69. The summed E-state index contributed by atoms with van der Waals surface area (Å²) in [7, 11) is 0. The smallest absolute Gasteiger partial charge is 0.262 e. The van der Waals surface area contributed by atoms with Crippen molar-refractivity contribution in [2.45, 2.75) is 19.3 Å². The highest BCUT2D eigenvalue weighted by Crippen LogP contribution is 2.15. The van der Waals surface area contributed by atoms with Crippen LogP contribution in [0.5, 0.6) is 5.75 Å². The number of carbonyl (C=O) groups is 1. The number of hydrogen-bond donors (Lipinski definition) is 1. The zero-order chi connectivity index (χ0) is 17.5. The van der Waals surface area contributed by atoms with Crippen LogP contribution in [0.2, 0.25) is 0 Å². The number of ether oxygens (including phenoxy) is 1. The molecule has 1 saturated heterocycles. The Balaban J connectivity index is 1.42. The van der Waals surface area contributed by atoms with Gasteiger partial charge in [0.05, 0.1) is 0 Å². The predicted octanol–water partition coefficient (Wildman–Crippen LogP) is 3.95. The molecule has 0 aliphatic carbocycles. The van der Waals surface area contributed by atoms with E-state index in [1.165, 1.54) is 31.5 Å². The summed E-state index contributed by atoms with van der Waals surface area (Å²) in [6.07, 6.45) is 3.72. The summed E-state index contributed by atoms with van der Waals surface area (Å²) in [6, 6.07) is 15.7. The third kappa shape index (κ3) is 6.01. The van der Waals surface area contributed by atoms with Crippen molar-refractivity contribution < 1.29 is 9.53 Å². The van der Waals surface area contributed by atoms with E-state index in [2.05, 4.69) is 44.9 Å². The van der Waals surface area contributed by atoms with Gasteiger partial charge in [0.2, 0.25) is 0 Å². The first-order valence-corrected chi connectivity index (χ1v) is 9.76. The Labute approximate surface area is 162 Å². The van der Waals surface area contributed by atoms with Crippen molar-refractivity contribution in [3.63, 3.8) is 0 Å². The van der Waals surface area contributed by atoms with Crippen LogP contribution in [0.1, 0.15) is 18.4 Å². The second-order valence-corrected chi connectivity index (χ2v) is 7.53. The molecule has 0 aromatic heterocycles. The molecule has 0 atom stereocenters. The number of nitrogens with zero attached hydrogens (tertiary/aromatic N) is 1. The van der Waals surface area contributed by atoms with Gasteiger partial charge in [-0.05, 0) is 96.9 Å². The second-order valence-electron chi connectivity index (χ2n) is 6.29. The van der Waals surface area contributed by atoms with Crippen molar-refractivity contribution in [2.75, 3.05) is 31.6 Å². The van der Waals surface area contributed by atoms with Crippen LogP contribution in [0.3, 0.4) is 0 Å². The molecule has 1 heterocycles. The van der Waals surface area contributed by atoms with E-state index in [9.17, 15) is 4.79 Å². The van der Waals surface area contributed by atoms with E-state index >= 15 is 0 Å². The molecular formula is C20H23IN2O2. The summed E-state index contributed by atoms with van der Waals surface area (Å²) in [5.74, 6) is 0.552. The number of carbonyl (C=O) groups excluding carboxylic acids is 1. The molecule has 1 fully saturated rings. The minimum atomic E-state index is -0.150. The normalized spacial score (nSPS) is 14.4. The molecule has 0 spiro atoms. The van der Waals surface area contributed by atoms with E-state index in [1.54, 1.807) is 0 Å². The summed E-state index contributed by atoms with van der Waals surface area (Å²) < 4.78 is 6.63. The fourth-order valence-electron chi connectivity index (χ4n) is 2.92. The molecule has 1 aliphatic heterocycles. The van der Waals surface area contributed by atoms with E-state index < -0.39 is 0 Å². The highest BCUT2D eigenvalue weighted by molar-refractivity contribution is 14.1. The quantitative estimate of drug-likeness (QED) is 0.650. The number of likely N-dealkylation sites (tertiary alicyclic amines) is 1. The Morgan fingerprint density at radius 3 is 2.40 bits per heavy atom. The van der Waals surface area contributed by atoms with Gasteiger partial charge >= 0.3 is 0 Å². The highest BCUT2D eigenvalue weighted by Gasteiger charge is 2.10. The third-order valence-corrected chi connectivity index (χ3v) is 5.06. The van der Waals surface area contributed by atoms with Crippen molar-refractivity contribution in [2.24, 2.45) is 0 Å². The van der Waals surface area contributed by atoms with Gasteiger partial charge in [-0.15, -0.1) is 0 Å². The maximum absolute atomic E-state index is 12.0. The summed E-state index contributed by atoms with van der Waals surface area (Å²) in [4.78, 5) is 14.5. The fourth-order valence-corrected chi connectivity index (χ4v) is 3.28. The van der Waals surface area contributed by atoms with Gasteiger partial charge in [-0.1, -0.05) is 12.1 Å². The number of anilines is 1. The van der Waals surface area contributed by atoms with Gasteiger partial charge in [0, 0.05) is 15.8 Å². The minimum Gasteiger partial charge on any atom is -0.484 e. The molecule has 0 unspecified atom stereocenters. The maximum atomic E-state index is 12.0. The van der Waals surface area contributed by atoms with Crippen LogP contribution >= 0.6 is 22.6 Å². The Morgan fingerprint density at radius 1 is 1.04 bits per heavy atom. The Morgan fingerprint density at radius 2 is 1.72 bits per heavy atom. The average molecular weight is 450 g/mol. The zero-order valence-corrected chi connectivity index (χ0v) is 16.4. The lowest BCUT2D eigenvalue weighted by Gasteiger charge is -2.14. The summed E-state index contributed by atoms with van der Waals surface area (Å²) in [6.45, 7) is 3.59. The number of amides is 1.